The molecule has 0 radical (unpaired) electrons. The highest BCUT2D eigenvalue weighted by Crippen LogP contribution is 1.74. The molecule has 56 valence electrons. The summed E-state index contributed by atoms with van der Waals surface area (Å²) in [5.41, 5.74) is 5.25. The molecule has 0 fully saturated rings. The van der Waals surface area contributed by atoms with Crippen LogP contribution in [0.4, 0.5) is 0 Å². The van der Waals surface area contributed by atoms with Crippen molar-refractivity contribution in [2.45, 2.75) is 19.9 Å². The maximum atomic E-state index is 10.7. The number of hydrogen-bond donors (Lipinski definition) is 2. The van der Waals surface area contributed by atoms with E-state index >= 15 is 0 Å². The van der Waals surface area contributed by atoms with Crippen LogP contribution in [0.25, 0.3) is 0 Å². The van der Waals surface area contributed by atoms with Gasteiger partial charge in [-0.15, -0.1) is 0 Å². The molecule has 0 aliphatic carbocycles. The smallest absolute Gasteiger partial charge is 0.296 e. The topological polar surface area (TPSA) is 55.1 Å². The van der Waals surface area contributed by atoms with Crippen molar-refractivity contribution < 1.29 is 4.79 Å². The molecule has 0 aromatic carbocycles. The van der Waals surface area contributed by atoms with Gasteiger partial charge in [-0.2, -0.15) is 0 Å². The van der Waals surface area contributed by atoms with Gasteiger partial charge >= 0.3 is 0 Å². The lowest BCUT2D eigenvalue weighted by molar-refractivity contribution is -0.116. The molecule has 10 heavy (non-hydrogen) atoms. The minimum absolute atomic E-state index is 0.00773. The van der Waals surface area contributed by atoms with Crippen LogP contribution in [0.1, 0.15) is 13.8 Å². The molecule has 1 amide bonds. The fourth-order valence-electron chi connectivity index (χ4n) is 0.432. The van der Waals surface area contributed by atoms with Crippen LogP contribution in [0.3, 0.4) is 0 Å². The third kappa shape index (κ3) is 3.93. The zero-order chi connectivity index (χ0) is 7.98. The standard InChI is InChI=1S/C7H12N2O/c1-3-4-7(10)9-6(2)5-8/h6H,5,8H2,1-2H3,(H,9,10)/t6-/m1/s1. The fourth-order valence-corrected chi connectivity index (χ4v) is 0.432. The van der Waals surface area contributed by atoms with Gasteiger partial charge in [0.05, 0.1) is 0 Å². The summed E-state index contributed by atoms with van der Waals surface area (Å²) in [6, 6.07) is 0.00773. The molecule has 0 aromatic rings. The molecule has 0 spiro atoms. The Hall–Kier alpha value is -1.01. The second-order valence-electron chi connectivity index (χ2n) is 1.99. The number of carbonyl (C=O) groups is 1. The van der Waals surface area contributed by atoms with E-state index in [1.807, 2.05) is 6.92 Å². The summed E-state index contributed by atoms with van der Waals surface area (Å²) >= 11 is 0. The molecule has 0 aliphatic heterocycles. The Labute approximate surface area is 61.0 Å². The maximum Gasteiger partial charge on any atom is 0.296 e. The average molecular weight is 140 g/mol. The lowest BCUT2D eigenvalue weighted by Gasteiger charge is -2.06. The number of amides is 1. The highest BCUT2D eigenvalue weighted by molar-refractivity contribution is 5.93. The maximum absolute atomic E-state index is 10.7. The van der Waals surface area contributed by atoms with E-state index in [1.165, 1.54) is 0 Å². The van der Waals surface area contributed by atoms with E-state index < -0.39 is 0 Å². The number of carbonyl (C=O) groups excluding carboxylic acids is 1. The highest BCUT2D eigenvalue weighted by atomic mass is 16.1. The molecule has 0 saturated heterocycles. The van der Waals surface area contributed by atoms with Crippen molar-refractivity contribution in [1.82, 2.24) is 5.32 Å². The summed E-state index contributed by atoms with van der Waals surface area (Å²) in [5.74, 6) is 4.59. The highest BCUT2D eigenvalue weighted by Gasteiger charge is 1.99. The van der Waals surface area contributed by atoms with Gasteiger partial charge in [0.2, 0.25) is 0 Å². The van der Waals surface area contributed by atoms with Crippen LogP contribution in [0.5, 0.6) is 0 Å². The van der Waals surface area contributed by atoms with Crippen molar-refractivity contribution in [2.24, 2.45) is 5.73 Å². The van der Waals surface area contributed by atoms with Crippen LogP contribution in [0.15, 0.2) is 0 Å². The molecule has 3 nitrogen and oxygen atoms in total. The third-order valence-corrected chi connectivity index (χ3v) is 0.970. The van der Waals surface area contributed by atoms with Crippen molar-refractivity contribution in [3.63, 3.8) is 0 Å². The molecule has 0 heterocycles. The lowest BCUT2D eigenvalue weighted by Crippen LogP contribution is -2.36. The van der Waals surface area contributed by atoms with Crippen molar-refractivity contribution in [1.29, 1.82) is 0 Å². The van der Waals surface area contributed by atoms with Gasteiger partial charge in [0.25, 0.3) is 5.91 Å². The third-order valence-electron chi connectivity index (χ3n) is 0.970. The van der Waals surface area contributed by atoms with Crippen LogP contribution in [0, 0.1) is 11.8 Å². The van der Waals surface area contributed by atoms with E-state index in [1.54, 1.807) is 6.92 Å². The molecule has 1 atom stereocenters. The van der Waals surface area contributed by atoms with Crippen LogP contribution < -0.4 is 11.1 Å². The quantitative estimate of drug-likeness (QED) is 0.507. The van der Waals surface area contributed by atoms with E-state index in [2.05, 4.69) is 17.2 Å². The summed E-state index contributed by atoms with van der Waals surface area (Å²) < 4.78 is 0. The zero-order valence-corrected chi connectivity index (χ0v) is 6.27. The molecule has 0 bridgehead atoms. The monoisotopic (exact) mass is 140 g/mol. The van der Waals surface area contributed by atoms with E-state index in [-0.39, 0.29) is 11.9 Å². The van der Waals surface area contributed by atoms with Crippen molar-refractivity contribution in [2.75, 3.05) is 6.54 Å². The first-order valence-corrected chi connectivity index (χ1v) is 3.14. The first-order chi connectivity index (χ1) is 4.70. The first kappa shape index (κ1) is 8.99. The largest absolute Gasteiger partial charge is 0.342 e. The molecular formula is C7H12N2O. The predicted molar refractivity (Wildman–Crippen MR) is 40.1 cm³/mol. The van der Waals surface area contributed by atoms with Crippen molar-refractivity contribution in [3.05, 3.63) is 0 Å². The Bertz CT molecular complexity index is 166. The number of nitrogens with one attached hydrogen (secondary N) is 1. The summed E-state index contributed by atoms with van der Waals surface area (Å²) in [5, 5.41) is 2.59. The van der Waals surface area contributed by atoms with Gasteiger partial charge in [0.1, 0.15) is 0 Å². The number of nitrogens with two attached hydrogens (primary N) is 1. The van der Waals surface area contributed by atoms with E-state index in [0.717, 1.165) is 0 Å². The summed E-state index contributed by atoms with van der Waals surface area (Å²) in [4.78, 5) is 10.7. The number of rotatable bonds is 2. The van der Waals surface area contributed by atoms with Gasteiger partial charge in [-0.3, -0.25) is 4.79 Å². The number of hydrogen-bond acceptors (Lipinski definition) is 2. The van der Waals surface area contributed by atoms with Crippen LogP contribution >= 0.6 is 0 Å². The van der Waals surface area contributed by atoms with Gasteiger partial charge in [-0.05, 0) is 19.8 Å². The van der Waals surface area contributed by atoms with Crippen molar-refractivity contribution >= 4 is 5.91 Å². The first-order valence-electron chi connectivity index (χ1n) is 3.14. The Morgan fingerprint density at radius 1 is 1.80 bits per heavy atom. The predicted octanol–water partition coefficient (Wildman–Crippen LogP) is -0.527. The minimum Gasteiger partial charge on any atom is -0.342 e. The molecule has 0 unspecified atom stereocenters. The lowest BCUT2D eigenvalue weighted by atomic mass is 10.3. The van der Waals surface area contributed by atoms with Gasteiger partial charge < -0.3 is 11.1 Å². The fraction of sp³-hybridized carbons (Fsp3) is 0.571. The Morgan fingerprint density at radius 2 is 2.40 bits per heavy atom. The average Bonchev–Trinajstić information content (AvgIpc) is 1.88. The summed E-state index contributed by atoms with van der Waals surface area (Å²) in [6.07, 6.45) is 0. The summed E-state index contributed by atoms with van der Waals surface area (Å²) in [6.45, 7) is 3.89. The Morgan fingerprint density at radius 3 is 2.80 bits per heavy atom. The summed E-state index contributed by atoms with van der Waals surface area (Å²) in [7, 11) is 0. The normalized spacial score (nSPS) is 11.1. The van der Waals surface area contributed by atoms with E-state index in [9.17, 15) is 4.79 Å². The Balaban J connectivity index is 3.64. The molecule has 0 aromatic heterocycles. The molecule has 3 N–H and O–H groups in total. The van der Waals surface area contributed by atoms with Gasteiger partial charge in [0.15, 0.2) is 0 Å². The van der Waals surface area contributed by atoms with Crippen LogP contribution in [0.2, 0.25) is 0 Å². The van der Waals surface area contributed by atoms with Gasteiger partial charge in [-0.1, -0.05) is 5.92 Å². The second kappa shape index (κ2) is 4.83. The van der Waals surface area contributed by atoms with Crippen LogP contribution in [-0.4, -0.2) is 18.5 Å². The minimum atomic E-state index is -0.263. The van der Waals surface area contributed by atoms with Crippen LogP contribution in [-0.2, 0) is 4.79 Å². The van der Waals surface area contributed by atoms with Crippen molar-refractivity contribution in [3.8, 4) is 11.8 Å². The molecule has 0 rings (SSSR count). The molecular weight excluding hydrogens is 128 g/mol. The molecule has 0 saturated carbocycles. The Kier molecular flexibility index (Phi) is 4.34. The van der Waals surface area contributed by atoms with E-state index in [4.69, 9.17) is 5.73 Å². The van der Waals surface area contributed by atoms with Gasteiger partial charge in [-0.25, -0.2) is 0 Å². The second-order valence-corrected chi connectivity index (χ2v) is 1.99. The molecule has 3 heteroatoms. The van der Waals surface area contributed by atoms with Gasteiger partial charge in [0, 0.05) is 12.6 Å². The molecule has 0 aliphatic rings. The zero-order valence-electron chi connectivity index (χ0n) is 6.27. The SMILES string of the molecule is CC#CC(=O)N[C@H](C)CN. The van der Waals surface area contributed by atoms with E-state index in [0.29, 0.717) is 6.54 Å².